The lowest BCUT2D eigenvalue weighted by molar-refractivity contribution is -0.147. The molecule has 0 saturated carbocycles. The molecule has 0 aliphatic carbocycles. The SMILES string of the molecule is CCN(CC(=O)N(C)C)C(C)C(C)C(=O)OC. The van der Waals surface area contributed by atoms with Crippen LogP contribution < -0.4 is 0 Å². The lowest BCUT2D eigenvalue weighted by atomic mass is 10.0. The van der Waals surface area contributed by atoms with E-state index in [9.17, 15) is 9.59 Å². The third kappa shape index (κ3) is 4.73. The Balaban J connectivity index is 4.55. The van der Waals surface area contributed by atoms with E-state index in [1.807, 2.05) is 25.7 Å². The van der Waals surface area contributed by atoms with Crippen molar-refractivity contribution in [3.05, 3.63) is 0 Å². The molecule has 0 aromatic carbocycles. The Morgan fingerprint density at radius 1 is 1.24 bits per heavy atom. The summed E-state index contributed by atoms with van der Waals surface area (Å²) in [6.45, 7) is 6.78. The van der Waals surface area contributed by atoms with Crippen LogP contribution in [0.2, 0.25) is 0 Å². The van der Waals surface area contributed by atoms with Gasteiger partial charge in [-0.25, -0.2) is 0 Å². The van der Waals surface area contributed by atoms with Gasteiger partial charge in [-0.1, -0.05) is 13.8 Å². The largest absolute Gasteiger partial charge is 0.469 e. The Morgan fingerprint density at radius 3 is 2.12 bits per heavy atom. The predicted octanol–water partition coefficient (Wildman–Crippen LogP) is 0.594. The number of methoxy groups -OCH3 is 1. The Bertz CT molecular complexity index is 266. The van der Waals surface area contributed by atoms with Gasteiger partial charge in [-0.2, -0.15) is 0 Å². The van der Waals surface area contributed by atoms with E-state index in [0.29, 0.717) is 6.54 Å². The Labute approximate surface area is 104 Å². The molecule has 100 valence electrons. The van der Waals surface area contributed by atoms with E-state index in [-0.39, 0.29) is 23.8 Å². The first-order chi connectivity index (χ1) is 7.84. The number of likely N-dealkylation sites (N-methyl/N-ethyl adjacent to an activating group) is 2. The van der Waals surface area contributed by atoms with Gasteiger partial charge in [-0.05, 0) is 13.5 Å². The number of amides is 1. The number of hydrogen-bond donors (Lipinski definition) is 0. The van der Waals surface area contributed by atoms with E-state index in [1.54, 1.807) is 19.0 Å². The maximum absolute atomic E-state index is 11.6. The normalized spacial score (nSPS) is 14.3. The highest BCUT2D eigenvalue weighted by Gasteiger charge is 2.26. The second-order valence-electron chi connectivity index (χ2n) is 4.40. The average molecular weight is 244 g/mol. The monoisotopic (exact) mass is 244 g/mol. The summed E-state index contributed by atoms with van der Waals surface area (Å²) in [5, 5.41) is 0. The second-order valence-corrected chi connectivity index (χ2v) is 4.40. The van der Waals surface area contributed by atoms with Crippen molar-refractivity contribution in [1.29, 1.82) is 0 Å². The van der Waals surface area contributed by atoms with Crippen LogP contribution in [0, 0.1) is 5.92 Å². The molecule has 0 saturated heterocycles. The lowest BCUT2D eigenvalue weighted by Gasteiger charge is -2.31. The van der Waals surface area contributed by atoms with Crippen molar-refractivity contribution in [2.24, 2.45) is 5.92 Å². The Morgan fingerprint density at radius 2 is 1.76 bits per heavy atom. The van der Waals surface area contributed by atoms with Crippen molar-refractivity contribution in [1.82, 2.24) is 9.80 Å². The second kappa shape index (κ2) is 7.27. The summed E-state index contributed by atoms with van der Waals surface area (Å²) in [4.78, 5) is 26.6. The van der Waals surface area contributed by atoms with Gasteiger partial charge in [0.1, 0.15) is 0 Å². The first-order valence-electron chi connectivity index (χ1n) is 5.87. The van der Waals surface area contributed by atoms with Gasteiger partial charge in [0, 0.05) is 20.1 Å². The molecule has 0 heterocycles. The highest BCUT2D eigenvalue weighted by molar-refractivity contribution is 5.78. The minimum Gasteiger partial charge on any atom is -0.469 e. The first kappa shape index (κ1) is 15.9. The molecular weight excluding hydrogens is 220 g/mol. The molecule has 1 amide bonds. The van der Waals surface area contributed by atoms with E-state index in [4.69, 9.17) is 4.74 Å². The highest BCUT2D eigenvalue weighted by atomic mass is 16.5. The van der Waals surface area contributed by atoms with E-state index in [1.165, 1.54) is 7.11 Å². The molecule has 0 rings (SSSR count). The number of carbonyl (C=O) groups excluding carboxylic acids is 2. The van der Waals surface area contributed by atoms with Crippen molar-refractivity contribution >= 4 is 11.9 Å². The van der Waals surface area contributed by atoms with Gasteiger partial charge in [-0.3, -0.25) is 14.5 Å². The average Bonchev–Trinajstić information content (AvgIpc) is 2.32. The van der Waals surface area contributed by atoms with Crippen molar-refractivity contribution in [2.75, 3.05) is 34.3 Å². The third-order valence-corrected chi connectivity index (χ3v) is 3.12. The maximum atomic E-state index is 11.6. The zero-order valence-electron chi connectivity index (χ0n) is 11.7. The van der Waals surface area contributed by atoms with Gasteiger partial charge >= 0.3 is 5.97 Å². The van der Waals surface area contributed by atoms with Gasteiger partial charge in [0.2, 0.25) is 5.91 Å². The van der Waals surface area contributed by atoms with Gasteiger partial charge < -0.3 is 9.64 Å². The standard InChI is InChI=1S/C12H24N2O3/c1-7-14(8-11(15)13(4)5)10(3)9(2)12(16)17-6/h9-10H,7-8H2,1-6H3. The minimum absolute atomic E-state index is 0.0173. The van der Waals surface area contributed by atoms with Crippen molar-refractivity contribution < 1.29 is 14.3 Å². The van der Waals surface area contributed by atoms with Crippen molar-refractivity contribution in [3.8, 4) is 0 Å². The number of ether oxygens (including phenoxy) is 1. The molecule has 0 N–H and O–H groups in total. The first-order valence-corrected chi connectivity index (χ1v) is 5.87. The number of rotatable bonds is 6. The summed E-state index contributed by atoms with van der Waals surface area (Å²) < 4.78 is 4.72. The summed E-state index contributed by atoms with van der Waals surface area (Å²) in [6, 6.07) is -0.0173. The zero-order chi connectivity index (χ0) is 13.6. The molecule has 0 fully saturated rings. The van der Waals surface area contributed by atoms with Crippen molar-refractivity contribution in [2.45, 2.75) is 26.8 Å². The summed E-state index contributed by atoms with van der Waals surface area (Å²) in [6.07, 6.45) is 0. The topological polar surface area (TPSA) is 49.9 Å². The molecular formula is C12H24N2O3. The summed E-state index contributed by atoms with van der Waals surface area (Å²) >= 11 is 0. The van der Waals surface area contributed by atoms with E-state index in [0.717, 1.165) is 6.54 Å². The lowest BCUT2D eigenvalue weighted by Crippen LogP contribution is -2.45. The molecule has 0 radical (unpaired) electrons. The van der Waals surface area contributed by atoms with Gasteiger partial charge in [0.25, 0.3) is 0 Å². The van der Waals surface area contributed by atoms with E-state index < -0.39 is 0 Å². The molecule has 0 bridgehead atoms. The molecule has 0 aliphatic rings. The molecule has 5 nitrogen and oxygen atoms in total. The van der Waals surface area contributed by atoms with Crippen LogP contribution in [-0.2, 0) is 14.3 Å². The van der Waals surface area contributed by atoms with Crippen LogP contribution in [-0.4, -0.2) is 62.0 Å². The highest BCUT2D eigenvalue weighted by Crippen LogP contribution is 2.12. The molecule has 0 aromatic rings. The molecule has 17 heavy (non-hydrogen) atoms. The molecule has 0 aromatic heterocycles. The number of nitrogens with zero attached hydrogens (tertiary/aromatic N) is 2. The maximum Gasteiger partial charge on any atom is 0.309 e. The smallest absolute Gasteiger partial charge is 0.309 e. The van der Waals surface area contributed by atoms with Crippen LogP contribution in [0.4, 0.5) is 0 Å². The Kier molecular flexibility index (Phi) is 6.80. The summed E-state index contributed by atoms with van der Waals surface area (Å²) in [7, 11) is 4.84. The zero-order valence-corrected chi connectivity index (χ0v) is 11.7. The molecule has 5 heteroatoms. The Hall–Kier alpha value is -1.10. The van der Waals surface area contributed by atoms with Crippen LogP contribution in [0.25, 0.3) is 0 Å². The fraction of sp³-hybridized carbons (Fsp3) is 0.833. The van der Waals surface area contributed by atoms with E-state index in [2.05, 4.69) is 0 Å². The number of esters is 1. The molecule has 2 unspecified atom stereocenters. The van der Waals surface area contributed by atoms with Crippen LogP contribution in [0.5, 0.6) is 0 Å². The van der Waals surface area contributed by atoms with Crippen LogP contribution in [0.1, 0.15) is 20.8 Å². The van der Waals surface area contributed by atoms with Gasteiger partial charge in [-0.15, -0.1) is 0 Å². The van der Waals surface area contributed by atoms with Crippen LogP contribution >= 0.6 is 0 Å². The van der Waals surface area contributed by atoms with Gasteiger partial charge in [0.05, 0.1) is 19.6 Å². The number of hydrogen-bond acceptors (Lipinski definition) is 4. The van der Waals surface area contributed by atoms with E-state index >= 15 is 0 Å². The molecule has 0 aliphatic heterocycles. The minimum atomic E-state index is -0.242. The van der Waals surface area contributed by atoms with Gasteiger partial charge in [0.15, 0.2) is 0 Å². The van der Waals surface area contributed by atoms with Crippen LogP contribution in [0.3, 0.4) is 0 Å². The molecule has 2 atom stereocenters. The van der Waals surface area contributed by atoms with Crippen LogP contribution in [0.15, 0.2) is 0 Å². The molecule has 0 spiro atoms. The third-order valence-electron chi connectivity index (χ3n) is 3.12. The quantitative estimate of drug-likeness (QED) is 0.642. The number of carbonyl (C=O) groups is 2. The fourth-order valence-electron chi connectivity index (χ4n) is 1.56. The fourth-order valence-corrected chi connectivity index (χ4v) is 1.56. The summed E-state index contributed by atoms with van der Waals surface area (Å²) in [5.74, 6) is -0.445. The predicted molar refractivity (Wildman–Crippen MR) is 66.6 cm³/mol. The summed E-state index contributed by atoms with van der Waals surface area (Å²) in [5.41, 5.74) is 0. The van der Waals surface area contributed by atoms with Crippen molar-refractivity contribution in [3.63, 3.8) is 0 Å².